The largest absolute Gasteiger partial charge is 0.493 e. The number of nitrogens with one attached hydrogen (secondary N) is 1. The molecule has 0 amide bonds. The van der Waals surface area contributed by atoms with Crippen molar-refractivity contribution >= 4 is 0 Å². The summed E-state index contributed by atoms with van der Waals surface area (Å²) in [6.45, 7) is 7.40. The Morgan fingerprint density at radius 2 is 2.00 bits per heavy atom. The Kier molecular flexibility index (Phi) is 5.06. The van der Waals surface area contributed by atoms with Crippen LogP contribution in [0.1, 0.15) is 45.6 Å². The van der Waals surface area contributed by atoms with Gasteiger partial charge in [-0.3, -0.25) is 0 Å². The van der Waals surface area contributed by atoms with E-state index in [4.69, 9.17) is 4.74 Å². The standard InChI is InChI=1S/C17H27NO2/c1-17(2,3)15-6-4-5-7-16(15)20-11-10-14(12-19)18-13-8-9-13/h4-7,13-14,18-19H,8-12H2,1-3H3. The molecule has 2 N–H and O–H groups in total. The zero-order chi connectivity index (χ0) is 14.6. The molecule has 1 aliphatic rings. The third-order valence-corrected chi connectivity index (χ3v) is 3.69. The van der Waals surface area contributed by atoms with Crippen molar-refractivity contribution in [2.75, 3.05) is 13.2 Å². The summed E-state index contributed by atoms with van der Waals surface area (Å²) in [5, 5.41) is 12.8. The van der Waals surface area contributed by atoms with E-state index in [9.17, 15) is 5.11 Å². The molecule has 0 spiro atoms. The molecule has 3 nitrogen and oxygen atoms in total. The highest BCUT2D eigenvalue weighted by molar-refractivity contribution is 5.38. The first-order chi connectivity index (χ1) is 9.50. The molecule has 0 aromatic heterocycles. The minimum absolute atomic E-state index is 0.0826. The van der Waals surface area contributed by atoms with Crippen molar-refractivity contribution in [2.24, 2.45) is 0 Å². The zero-order valence-electron chi connectivity index (χ0n) is 12.9. The predicted molar refractivity (Wildman–Crippen MR) is 82.3 cm³/mol. The Balaban J connectivity index is 1.87. The van der Waals surface area contributed by atoms with Crippen LogP contribution in [-0.2, 0) is 5.41 Å². The van der Waals surface area contributed by atoms with Crippen molar-refractivity contribution < 1.29 is 9.84 Å². The summed E-state index contributed by atoms with van der Waals surface area (Å²) in [6, 6.07) is 9.00. The second-order valence-corrected chi connectivity index (χ2v) is 6.70. The molecular weight excluding hydrogens is 250 g/mol. The fraction of sp³-hybridized carbons (Fsp3) is 0.647. The SMILES string of the molecule is CC(C)(C)c1ccccc1OCCC(CO)NC1CC1. The first-order valence-electron chi connectivity index (χ1n) is 7.60. The summed E-state index contributed by atoms with van der Waals surface area (Å²) in [6.07, 6.45) is 3.32. The van der Waals surface area contributed by atoms with Crippen LogP contribution in [0.2, 0.25) is 0 Å². The molecule has 1 aromatic rings. The van der Waals surface area contributed by atoms with Gasteiger partial charge < -0.3 is 15.2 Å². The first-order valence-corrected chi connectivity index (χ1v) is 7.60. The minimum Gasteiger partial charge on any atom is -0.493 e. The van der Waals surface area contributed by atoms with Crippen molar-refractivity contribution in [3.05, 3.63) is 29.8 Å². The molecule has 0 radical (unpaired) electrons. The van der Waals surface area contributed by atoms with Crippen LogP contribution < -0.4 is 10.1 Å². The number of ether oxygens (including phenoxy) is 1. The molecule has 2 rings (SSSR count). The zero-order valence-corrected chi connectivity index (χ0v) is 12.9. The number of aliphatic hydroxyl groups excluding tert-OH is 1. The smallest absolute Gasteiger partial charge is 0.123 e. The predicted octanol–water partition coefficient (Wildman–Crippen LogP) is 2.87. The van der Waals surface area contributed by atoms with E-state index in [1.165, 1.54) is 18.4 Å². The highest BCUT2D eigenvalue weighted by Crippen LogP contribution is 2.31. The van der Waals surface area contributed by atoms with Crippen molar-refractivity contribution in [1.29, 1.82) is 0 Å². The van der Waals surface area contributed by atoms with E-state index in [1.54, 1.807) is 0 Å². The number of aliphatic hydroxyl groups is 1. The monoisotopic (exact) mass is 277 g/mol. The number of rotatable bonds is 7. The Hall–Kier alpha value is -1.06. The Morgan fingerprint density at radius 3 is 2.60 bits per heavy atom. The molecule has 1 aromatic carbocycles. The molecule has 20 heavy (non-hydrogen) atoms. The number of hydrogen-bond acceptors (Lipinski definition) is 3. The van der Waals surface area contributed by atoms with Crippen molar-refractivity contribution in [3.8, 4) is 5.75 Å². The van der Waals surface area contributed by atoms with Gasteiger partial charge in [-0.1, -0.05) is 39.0 Å². The van der Waals surface area contributed by atoms with Gasteiger partial charge in [0.2, 0.25) is 0 Å². The van der Waals surface area contributed by atoms with Gasteiger partial charge in [0.05, 0.1) is 13.2 Å². The maximum absolute atomic E-state index is 9.37. The van der Waals surface area contributed by atoms with Crippen LogP contribution in [0.4, 0.5) is 0 Å². The normalized spacial score (nSPS) is 17.0. The van der Waals surface area contributed by atoms with Crippen LogP contribution in [0.5, 0.6) is 5.75 Å². The highest BCUT2D eigenvalue weighted by Gasteiger charge is 2.24. The minimum atomic E-state index is 0.0826. The molecule has 1 fully saturated rings. The highest BCUT2D eigenvalue weighted by atomic mass is 16.5. The molecular formula is C17H27NO2. The van der Waals surface area contributed by atoms with E-state index < -0.39 is 0 Å². The quantitative estimate of drug-likeness (QED) is 0.805. The topological polar surface area (TPSA) is 41.5 Å². The van der Waals surface area contributed by atoms with Crippen LogP contribution in [0.15, 0.2) is 24.3 Å². The van der Waals surface area contributed by atoms with Gasteiger partial charge >= 0.3 is 0 Å². The number of hydrogen-bond donors (Lipinski definition) is 2. The van der Waals surface area contributed by atoms with E-state index in [0.717, 1.165) is 12.2 Å². The average molecular weight is 277 g/mol. The lowest BCUT2D eigenvalue weighted by Crippen LogP contribution is -2.35. The molecule has 0 bridgehead atoms. The molecule has 1 atom stereocenters. The number of benzene rings is 1. The molecule has 1 saturated carbocycles. The van der Waals surface area contributed by atoms with Gasteiger partial charge in [0.1, 0.15) is 5.75 Å². The van der Waals surface area contributed by atoms with Gasteiger partial charge in [-0.2, -0.15) is 0 Å². The van der Waals surface area contributed by atoms with Crippen LogP contribution in [0.3, 0.4) is 0 Å². The fourth-order valence-electron chi connectivity index (χ4n) is 2.33. The summed E-state index contributed by atoms with van der Waals surface area (Å²) in [5.74, 6) is 0.961. The molecule has 1 unspecified atom stereocenters. The van der Waals surface area contributed by atoms with Crippen molar-refractivity contribution in [2.45, 2.75) is 57.5 Å². The van der Waals surface area contributed by atoms with Gasteiger partial charge in [-0.15, -0.1) is 0 Å². The van der Waals surface area contributed by atoms with Gasteiger partial charge in [0.15, 0.2) is 0 Å². The lowest BCUT2D eigenvalue weighted by Gasteiger charge is -2.23. The lowest BCUT2D eigenvalue weighted by molar-refractivity contribution is 0.206. The second-order valence-electron chi connectivity index (χ2n) is 6.70. The fourth-order valence-corrected chi connectivity index (χ4v) is 2.33. The molecule has 0 heterocycles. The molecule has 3 heteroatoms. The third-order valence-electron chi connectivity index (χ3n) is 3.69. The number of para-hydroxylation sites is 1. The van der Waals surface area contributed by atoms with Crippen LogP contribution >= 0.6 is 0 Å². The summed E-state index contributed by atoms with van der Waals surface area (Å²) in [4.78, 5) is 0. The summed E-state index contributed by atoms with van der Waals surface area (Å²) in [5.41, 5.74) is 1.31. The van der Waals surface area contributed by atoms with Crippen LogP contribution in [0, 0.1) is 0 Å². The Morgan fingerprint density at radius 1 is 1.30 bits per heavy atom. The molecule has 0 aliphatic heterocycles. The van der Waals surface area contributed by atoms with Crippen molar-refractivity contribution in [3.63, 3.8) is 0 Å². The Bertz CT molecular complexity index is 421. The average Bonchev–Trinajstić information content (AvgIpc) is 3.21. The summed E-state index contributed by atoms with van der Waals surface area (Å²) < 4.78 is 5.95. The van der Waals surface area contributed by atoms with Gasteiger partial charge in [0.25, 0.3) is 0 Å². The first kappa shape index (κ1) is 15.3. The van der Waals surface area contributed by atoms with Gasteiger partial charge in [-0.05, 0) is 36.3 Å². The van der Waals surface area contributed by atoms with E-state index in [-0.39, 0.29) is 18.1 Å². The Labute approximate surface area is 122 Å². The maximum atomic E-state index is 9.37. The lowest BCUT2D eigenvalue weighted by atomic mass is 9.86. The molecule has 0 saturated heterocycles. The van der Waals surface area contributed by atoms with E-state index in [2.05, 4.69) is 38.2 Å². The van der Waals surface area contributed by atoms with E-state index >= 15 is 0 Å². The van der Waals surface area contributed by atoms with E-state index in [0.29, 0.717) is 12.6 Å². The maximum Gasteiger partial charge on any atom is 0.123 e. The summed E-state index contributed by atoms with van der Waals surface area (Å²) >= 11 is 0. The van der Waals surface area contributed by atoms with Crippen LogP contribution in [0.25, 0.3) is 0 Å². The second kappa shape index (κ2) is 6.59. The molecule has 1 aliphatic carbocycles. The molecule has 112 valence electrons. The van der Waals surface area contributed by atoms with Gasteiger partial charge in [0, 0.05) is 12.1 Å². The third kappa shape index (κ3) is 4.50. The van der Waals surface area contributed by atoms with Gasteiger partial charge in [-0.25, -0.2) is 0 Å². The van der Waals surface area contributed by atoms with Crippen molar-refractivity contribution in [1.82, 2.24) is 5.32 Å². The van der Waals surface area contributed by atoms with Crippen LogP contribution in [-0.4, -0.2) is 30.4 Å². The van der Waals surface area contributed by atoms with E-state index in [1.807, 2.05) is 12.1 Å². The summed E-state index contributed by atoms with van der Waals surface area (Å²) in [7, 11) is 0.